The molecule has 3 rings (SSSR count). The molecule has 0 unspecified atom stereocenters. The van der Waals surface area contributed by atoms with Crippen molar-refractivity contribution in [1.82, 2.24) is 0 Å². The number of hydrogen-bond donors (Lipinski definition) is 1. The summed E-state index contributed by atoms with van der Waals surface area (Å²) in [6.07, 6.45) is 0. The molecule has 0 fully saturated rings. The average Bonchev–Trinajstić information content (AvgIpc) is 2.47. The molecule has 0 aliphatic carbocycles. The quantitative estimate of drug-likeness (QED) is 0.783. The average molecular weight is 265 g/mol. The van der Waals surface area contributed by atoms with Crippen LogP contribution in [0.15, 0.2) is 54.6 Å². The number of ether oxygens (including phenoxy) is 1. The number of pyridine rings is 1. The van der Waals surface area contributed by atoms with Crippen LogP contribution in [0.25, 0.3) is 10.9 Å². The van der Waals surface area contributed by atoms with Crippen LogP contribution in [-0.2, 0) is 0 Å². The molecule has 1 aromatic heterocycles. The summed E-state index contributed by atoms with van der Waals surface area (Å²) in [5, 5.41) is 4.62. The van der Waals surface area contributed by atoms with E-state index in [1.807, 2.05) is 30.3 Å². The predicted octanol–water partition coefficient (Wildman–Crippen LogP) is 3.71. The molecule has 0 bridgehead atoms. The van der Waals surface area contributed by atoms with Crippen molar-refractivity contribution in [1.29, 1.82) is 0 Å². The molecule has 0 aliphatic heterocycles. The van der Waals surface area contributed by atoms with Gasteiger partial charge in [-0.15, -0.1) is 0 Å². The second kappa shape index (κ2) is 5.21. The number of hydrogen-bond acceptors (Lipinski definition) is 2. The molecule has 0 saturated carbocycles. The van der Waals surface area contributed by atoms with Gasteiger partial charge < -0.3 is 4.74 Å². The summed E-state index contributed by atoms with van der Waals surface area (Å²) in [5.41, 5.74) is 3.36. The van der Waals surface area contributed by atoms with Crippen molar-refractivity contribution in [2.75, 3.05) is 12.4 Å². The number of aromatic amines is 1. The maximum absolute atomic E-state index is 5.24. The van der Waals surface area contributed by atoms with Crippen molar-refractivity contribution in [2.24, 2.45) is 0 Å². The van der Waals surface area contributed by atoms with E-state index in [1.54, 1.807) is 7.11 Å². The van der Waals surface area contributed by atoms with E-state index in [0.717, 1.165) is 22.8 Å². The van der Waals surface area contributed by atoms with Crippen molar-refractivity contribution >= 4 is 22.4 Å². The van der Waals surface area contributed by atoms with Crippen LogP contribution in [0.4, 0.5) is 11.5 Å². The standard InChI is InChI=1S/C17H16N2O/c1-12-10-17(19-16-9-4-3-8-15(12)16)18-13-6-5-7-14(11-13)20-2/h3-11H,1-2H3,(H,18,19)/p+1. The van der Waals surface area contributed by atoms with Gasteiger partial charge in [0.25, 0.3) is 5.82 Å². The second-order valence-electron chi connectivity index (χ2n) is 4.77. The first kappa shape index (κ1) is 12.5. The van der Waals surface area contributed by atoms with Gasteiger partial charge in [-0.25, -0.2) is 10.3 Å². The largest absolute Gasteiger partial charge is 0.497 e. The van der Waals surface area contributed by atoms with Crippen molar-refractivity contribution < 1.29 is 9.72 Å². The van der Waals surface area contributed by atoms with Crippen LogP contribution in [0, 0.1) is 6.92 Å². The fraction of sp³-hybridized carbons (Fsp3) is 0.118. The molecule has 0 aliphatic rings. The van der Waals surface area contributed by atoms with Gasteiger partial charge in [0.15, 0.2) is 0 Å². The fourth-order valence-corrected chi connectivity index (χ4v) is 2.34. The Kier molecular flexibility index (Phi) is 3.25. The topological polar surface area (TPSA) is 35.4 Å². The van der Waals surface area contributed by atoms with Crippen molar-refractivity contribution in [3.63, 3.8) is 0 Å². The predicted molar refractivity (Wildman–Crippen MR) is 81.5 cm³/mol. The molecule has 2 N–H and O–H groups in total. The first-order chi connectivity index (χ1) is 9.76. The molecular formula is C17H17N2O+. The van der Waals surface area contributed by atoms with Crippen molar-refractivity contribution in [3.05, 3.63) is 60.2 Å². The summed E-state index contributed by atoms with van der Waals surface area (Å²) in [4.78, 5) is 3.40. The van der Waals surface area contributed by atoms with Gasteiger partial charge in [-0.3, -0.25) is 0 Å². The zero-order valence-corrected chi connectivity index (χ0v) is 11.6. The number of aromatic nitrogens is 1. The van der Waals surface area contributed by atoms with Gasteiger partial charge in [0, 0.05) is 17.5 Å². The smallest absolute Gasteiger partial charge is 0.278 e. The van der Waals surface area contributed by atoms with Crippen LogP contribution in [0.3, 0.4) is 0 Å². The minimum atomic E-state index is 0.840. The summed E-state index contributed by atoms with van der Waals surface area (Å²) in [6.45, 7) is 2.12. The number of methoxy groups -OCH3 is 1. The van der Waals surface area contributed by atoms with Gasteiger partial charge in [0.05, 0.1) is 7.11 Å². The molecule has 3 aromatic rings. The fourth-order valence-electron chi connectivity index (χ4n) is 2.34. The van der Waals surface area contributed by atoms with Gasteiger partial charge in [-0.1, -0.05) is 24.3 Å². The molecule has 100 valence electrons. The molecule has 2 aromatic carbocycles. The Labute approximate surface area is 118 Å². The Hall–Kier alpha value is -2.55. The normalized spacial score (nSPS) is 10.5. The minimum absolute atomic E-state index is 0.840. The van der Waals surface area contributed by atoms with Crippen LogP contribution in [-0.4, -0.2) is 7.11 Å². The van der Waals surface area contributed by atoms with Crippen LogP contribution in [0.5, 0.6) is 5.75 Å². The van der Waals surface area contributed by atoms with Crippen LogP contribution in [0.1, 0.15) is 5.56 Å². The summed E-state index contributed by atoms with van der Waals surface area (Å²) in [6, 6.07) is 18.3. The van der Waals surface area contributed by atoms with Gasteiger partial charge in [-0.2, -0.15) is 0 Å². The highest BCUT2D eigenvalue weighted by atomic mass is 16.5. The Morgan fingerprint density at radius 2 is 1.85 bits per heavy atom. The summed E-state index contributed by atoms with van der Waals surface area (Å²) in [5.74, 6) is 1.81. The molecule has 0 atom stereocenters. The van der Waals surface area contributed by atoms with Gasteiger partial charge in [-0.05, 0) is 30.7 Å². The number of rotatable bonds is 3. The van der Waals surface area contributed by atoms with Gasteiger partial charge >= 0.3 is 0 Å². The van der Waals surface area contributed by atoms with E-state index in [9.17, 15) is 0 Å². The lowest BCUT2D eigenvalue weighted by Gasteiger charge is -2.04. The number of para-hydroxylation sites is 1. The lowest BCUT2D eigenvalue weighted by molar-refractivity contribution is -0.326. The molecule has 0 saturated heterocycles. The highest BCUT2D eigenvalue weighted by molar-refractivity contribution is 5.80. The molecular weight excluding hydrogens is 248 g/mol. The zero-order chi connectivity index (χ0) is 13.9. The summed E-state index contributed by atoms with van der Waals surface area (Å²) >= 11 is 0. The third-order valence-electron chi connectivity index (χ3n) is 3.33. The molecule has 20 heavy (non-hydrogen) atoms. The Morgan fingerprint density at radius 3 is 2.70 bits per heavy atom. The van der Waals surface area contributed by atoms with Crippen molar-refractivity contribution in [2.45, 2.75) is 6.92 Å². The van der Waals surface area contributed by atoms with E-state index in [4.69, 9.17) is 4.74 Å². The molecule has 0 amide bonds. The monoisotopic (exact) mass is 265 g/mol. The lowest BCUT2D eigenvalue weighted by atomic mass is 10.1. The van der Waals surface area contributed by atoms with E-state index in [1.165, 1.54) is 10.9 Å². The Balaban J connectivity index is 1.98. The zero-order valence-electron chi connectivity index (χ0n) is 11.6. The van der Waals surface area contributed by atoms with E-state index in [-0.39, 0.29) is 0 Å². The highest BCUT2D eigenvalue weighted by Crippen LogP contribution is 2.22. The van der Waals surface area contributed by atoms with Crippen LogP contribution >= 0.6 is 0 Å². The molecule has 0 spiro atoms. The second-order valence-corrected chi connectivity index (χ2v) is 4.77. The number of benzene rings is 2. The molecule has 3 nitrogen and oxygen atoms in total. The first-order valence-corrected chi connectivity index (χ1v) is 6.59. The first-order valence-electron chi connectivity index (χ1n) is 6.59. The van der Waals surface area contributed by atoms with Crippen LogP contribution in [0.2, 0.25) is 0 Å². The van der Waals surface area contributed by atoms with Gasteiger partial charge in [0.2, 0.25) is 0 Å². The number of anilines is 2. The number of fused-ring (bicyclic) bond motifs is 1. The van der Waals surface area contributed by atoms with Crippen molar-refractivity contribution in [3.8, 4) is 5.75 Å². The Bertz CT molecular complexity index is 753. The van der Waals surface area contributed by atoms with E-state index < -0.39 is 0 Å². The maximum Gasteiger partial charge on any atom is 0.278 e. The third kappa shape index (κ3) is 2.43. The summed E-state index contributed by atoms with van der Waals surface area (Å²) < 4.78 is 5.24. The van der Waals surface area contributed by atoms with Gasteiger partial charge in [0.1, 0.15) is 17.0 Å². The SMILES string of the molecule is COc1cccc(Nc2cc(C)c3ccccc3[nH+]2)c1. The number of nitrogens with one attached hydrogen (secondary N) is 2. The highest BCUT2D eigenvalue weighted by Gasteiger charge is 2.08. The number of aryl methyl sites for hydroxylation is 1. The lowest BCUT2D eigenvalue weighted by Crippen LogP contribution is -2.11. The maximum atomic E-state index is 5.24. The minimum Gasteiger partial charge on any atom is -0.497 e. The van der Waals surface area contributed by atoms with E-state index >= 15 is 0 Å². The Morgan fingerprint density at radius 1 is 1.00 bits per heavy atom. The molecule has 1 heterocycles. The molecule has 0 radical (unpaired) electrons. The van der Waals surface area contributed by atoms with E-state index in [0.29, 0.717) is 0 Å². The van der Waals surface area contributed by atoms with Crippen LogP contribution < -0.4 is 15.0 Å². The molecule has 3 heteroatoms. The summed E-state index contributed by atoms with van der Waals surface area (Å²) in [7, 11) is 1.67. The third-order valence-corrected chi connectivity index (χ3v) is 3.33. The number of H-pyrrole nitrogens is 1. The van der Waals surface area contributed by atoms with E-state index in [2.05, 4.69) is 41.5 Å².